The summed E-state index contributed by atoms with van der Waals surface area (Å²) < 4.78 is 7.59. The average Bonchev–Trinajstić information content (AvgIpc) is 3.10. The van der Waals surface area contributed by atoms with Gasteiger partial charge in [0.05, 0.1) is 12.3 Å². The van der Waals surface area contributed by atoms with Crippen LogP contribution in [-0.4, -0.2) is 32.6 Å². The lowest BCUT2D eigenvalue weighted by Gasteiger charge is -2.21. The first-order valence-electron chi connectivity index (χ1n) is 9.81. The van der Waals surface area contributed by atoms with Crippen molar-refractivity contribution in [1.82, 2.24) is 14.8 Å². The molecule has 8 heteroatoms. The van der Waals surface area contributed by atoms with Crippen LogP contribution in [0.5, 0.6) is 0 Å². The molecular weight excluding hydrogens is 396 g/mol. The Bertz CT molecular complexity index is 805. The lowest BCUT2D eigenvalue weighted by Crippen LogP contribution is -2.22. The number of hydrogen-bond donors (Lipinski definition) is 1. The van der Waals surface area contributed by atoms with Crippen LogP contribution in [0.1, 0.15) is 50.4 Å². The van der Waals surface area contributed by atoms with Crippen molar-refractivity contribution in [3.63, 3.8) is 0 Å². The largest absolute Gasteiger partial charge is 0.462 e. The van der Waals surface area contributed by atoms with E-state index in [2.05, 4.69) is 15.5 Å². The Morgan fingerprint density at radius 2 is 2.11 bits per heavy atom. The van der Waals surface area contributed by atoms with Crippen molar-refractivity contribution in [2.24, 2.45) is 0 Å². The maximum atomic E-state index is 12.1. The number of nitrogens with one attached hydrogen (secondary N) is 1. The van der Waals surface area contributed by atoms with Gasteiger partial charge in [-0.3, -0.25) is 4.79 Å². The molecule has 0 bridgehead atoms. The zero-order valence-corrected chi connectivity index (χ0v) is 18.0. The SMILES string of the molecule is CCn1c(CNc2ccc(C)c(Cl)c2)nnc1SCC(=O)OC1CCCCC1. The zero-order chi connectivity index (χ0) is 19.9. The molecule has 0 amide bonds. The summed E-state index contributed by atoms with van der Waals surface area (Å²) in [5, 5.41) is 13.3. The van der Waals surface area contributed by atoms with Gasteiger partial charge in [0.25, 0.3) is 0 Å². The number of anilines is 1. The molecule has 1 N–H and O–H groups in total. The van der Waals surface area contributed by atoms with E-state index in [1.807, 2.05) is 36.6 Å². The van der Waals surface area contributed by atoms with Crippen LogP contribution in [0.4, 0.5) is 5.69 Å². The zero-order valence-electron chi connectivity index (χ0n) is 16.4. The van der Waals surface area contributed by atoms with Gasteiger partial charge in [-0.05, 0) is 57.2 Å². The van der Waals surface area contributed by atoms with Gasteiger partial charge in [0.2, 0.25) is 0 Å². The first kappa shape index (κ1) is 21.0. The third-order valence-corrected chi connectivity index (χ3v) is 6.25. The van der Waals surface area contributed by atoms with Gasteiger partial charge in [-0.15, -0.1) is 10.2 Å². The van der Waals surface area contributed by atoms with E-state index in [-0.39, 0.29) is 17.8 Å². The van der Waals surface area contributed by atoms with E-state index in [0.717, 1.165) is 59.5 Å². The second-order valence-electron chi connectivity index (χ2n) is 7.00. The van der Waals surface area contributed by atoms with Gasteiger partial charge < -0.3 is 14.6 Å². The molecule has 2 aromatic rings. The summed E-state index contributed by atoms with van der Waals surface area (Å²) in [6, 6.07) is 5.87. The highest BCUT2D eigenvalue weighted by atomic mass is 35.5. The Hall–Kier alpha value is -1.73. The van der Waals surface area contributed by atoms with Crippen molar-refractivity contribution in [3.05, 3.63) is 34.6 Å². The molecule has 1 heterocycles. The van der Waals surface area contributed by atoms with Crippen molar-refractivity contribution in [2.45, 2.75) is 70.3 Å². The molecule has 1 aromatic carbocycles. The molecule has 0 aliphatic heterocycles. The monoisotopic (exact) mass is 422 g/mol. The first-order chi connectivity index (χ1) is 13.6. The van der Waals surface area contributed by atoms with Crippen LogP contribution in [0.3, 0.4) is 0 Å². The number of ether oxygens (including phenoxy) is 1. The van der Waals surface area contributed by atoms with E-state index in [0.29, 0.717) is 6.54 Å². The Labute approximate surface area is 175 Å². The van der Waals surface area contributed by atoms with Crippen LogP contribution in [0, 0.1) is 6.92 Å². The van der Waals surface area contributed by atoms with Crippen molar-refractivity contribution in [2.75, 3.05) is 11.1 Å². The fraction of sp³-hybridized carbons (Fsp3) is 0.550. The van der Waals surface area contributed by atoms with Crippen LogP contribution in [0.25, 0.3) is 0 Å². The number of aromatic nitrogens is 3. The summed E-state index contributed by atoms with van der Waals surface area (Å²) >= 11 is 7.56. The van der Waals surface area contributed by atoms with Gasteiger partial charge in [0.15, 0.2) is 11.0 Å². The molecule has 1 saturated carbocycles. The molecule has 0 atom stereocenters. The van der Waals surface area contributed by atoms with Crippen molar-refractivity contribution in [3.8, 4) is 0 Å². The predicted molar refractivity (Wildman–Crippen MR) is 113 cm³/mol. The fourth-order valence-electron chi connectivity index (χ4n) is 3.28. The van der Waals surface area contributed by atoms with Crippen molar-refractivity contribution < 1.29 is 9.53 Å². The molecule has 1 aromatic heterocycles. The summed E-state index contributed by atoms with van der Waals surface area (Å²) in [6.45, 7) is 5.29. The minimum Gasteiger partial charge on any atom is -0.462 e. The summed E-state index contributed by atoms with van der Waals surface area (Å²) in [5.74, 6) is 0.911. The molecule has 152 valence electrons. The highest BCUT2D eigenvalue weighted by Crippen LogP contribution is 2.23. The van der Waals surface area contributed by atoms with Crippen molar-refractivity contribution in [1.29, 1.82) is 0 Å². The molecule has 0 spiro atoms. The van der Waals surface area contributed by atoms with E-state index in [1.165, 1.54) is 18.2 Å². The minimum atomic E-state index is -0.170. The molecule has 0 unspecified atom stereocenters. The normalized spacial score (nSPS) is 14.8. The number of hydrogen-bond acceptors (Lipinski definition) is 6. The van der Waals surface area contributed by atoms with Gasteiger partial charge in [0, 0.05) is 17.3 Å². The maximum absolute atomic E-state index is 12.1. The summed E-state index contributed by atoms with van der Waals surface area (Å²) in [6.07, 6.45) is 5.61. The number of carbonyl (C=O) groups is 1. The quantitative estimate of drug-likeness (QED) is 0.485. The maximum Gasteiger partial charge on any atom is 0.316 e. The molecular formula is C20H27ClN4O2S. The third kappa shape index (κ3) is 5.64. The lowest BCUT2D eigenvalue weighted by molar-refractivity contribution is -0.147. The number of esters is 1. The second-order valence-corrected chi connectivity index (χ2v) is 8.35. The van der Waals surface area contributed by atoms with Crippen LogP contribution >= 0.6 is 23.4 Å². The number of rotatable bonds is 8. The number of carbonyl (C=O) groups excluding carboxylic acids is 1. The number of nitrogens with zero attached hydrogens (tertiary/aromatic N) is 3. The molecule has 1 fully saturated rings. The van der Waals surface area contributed by atoms with Gasteiger partial charge in [0.1, 0.15) is 6.10 Å². The molecule has 1 aliphatic rings. The smallest absolute Gasteiger partial charge is 0.316 e. The van der Waals surface area contributed by atoms with E-state index < -0.39 is 0 Å². The number of aryl methyl sites for hydroxylation is 1. The third-order valence-electron chi connectivity index (χ3n) is 4.90. The topological polar surface area (TPSA) is 69.0 Å². The standard InChI is InChI=1S/C20H27ClN4O2S/c1-3-25-18(12-22-15-10-9-14(2)17(21)11-15)23-24-20(25)28-13-19(26)27-16-7-5-4-6-8-16/h9-11,16,22H,3-8,12-13H2,1-2H3. The van der Waals surface area contributed by atoms with Gasteiger partial charge in [-0.2, -0.15) is 0 Å². The number of thioether (sulfide) groups is 1. The van der Waals surface area contributed by atoms with E-state index in [4.69, 9.17) is 16.3 Å². The molecule has 0 saturated heterocycles. The Morgan fingerprint density at radius 1 is 1.32 bits per heavy atom. The predicted octanol–water partition coefficient (Wildman–Crippen LogP) is 4.84. The van der Waals surface area contributed by atoms with E-state index >= 15 is 0 Å². The van der Waals surface area contributed by atoms with E-state index in [9.17, 15) is 4.79 Å². The highest BCUT2D eigenvalue weighted by molar-refractivity contribution is 7.99. The van der Waals surface area contributed by atoms with Crippen LogP contribution in [0.2, 0.25) is 5.02 Å². The number of halogens is 1. The fourth-order valence-corrected chi connectivity index (χ4v) is 4.27. The average molecular weight is 423 g/mol. The summed E-state index contributed by atoms with van der Waals surface area (Å²) in [4.78, 5) is 12.1. The number of benzene rings is 1. The van der Waals surface area contributed by atoms with Crippen LogP contribution < -0.4 is 5.32 Å². The van der Waals surface area contributed by atoms with Gasteiger partial charge in [-0.25, -0.2) is 0 Å². The summed E-state index contributed by atoms with van der Waals surface area (Å²) in [7, 11) is 0. The Morgan fingerprint density at radius 3 is 2.82 bits per heavy atom. The molecule has 28 heavy (non-hydrogen) atoms. The lowest BCUT2D eigenvalue weighted by atomic mass is 9.98. The second kappa shape index (κ2) is 10.2. The molecule has 3 rings (SSSR count). The molecule has 1 aliphatic carbocycles. The Kier molecular flexibility index (Phi) is 7.62. The van der Waals surface area contributed by atoms with Gasteiger partial charge >= 0.3 is 5.97 Å². The summed E-state index contributed by atoms with van der Waals surface area (Å²) in [5.41, 5.74) is 1.98. The van der Waals surface area contributed by atoms with Crippen LogP contribution in [0.15, 0.2) is 23.4 Å². The van der Waals surface area contributed by atoms with Gasteiger partial charge in [-0.1, -0.05) is 35.9 Å². The highest BCUT2D eigenvalue weighted by Gasteiger charge is 2.19. The van der Waals surface area contributed by atoms with Crippen LogP contribution in [-0.2, 0) is 22.6 Å². The van der Waals surface area contributed by atoms with Crippen molar-refractivity contribution >= 4 is 35.0 Å². The minimum absolute atomic E-state index is 0.0898. The Balaban J connectivity index is 1.53. The molecule has 6 nitrogen and oxygen atoms in total. The molecule has 0 radical (unpaired) electrons. The van der Waals surface area contributed by atoms with E-state index in [1.54, 1.807) is 0 Å². The first-order valence-corrected chi connectivity index (χ1v) is 11.2.